The summed E-state index contributed by atoms with van der Waals surface area (Å²) in [6.07, 6.45) is 5.09. The summed E-state index contributed by atoms with van der Waals surface area (Å²) >= 11 is 1.50. The molecule has 146 valence electrons. The van der Waals surface area contributed by atoms with E-state index in [-0.39, 0.29) is 5.91 Å². The van der Waals surface area contributed by atoms with E-state index in [0.717, 1.165) is 48.2 Å². The summed E-state index contributed by atoms with van der Waals surface area (Å²) in [5, 5.41) is 6.07. The number of nitrogens with two attached hydrogens (primary N) is 1. The smallest absolute Gasteiger partial charge is 0.312 e. The van der Waals surface area contributed by atoms with E-state index in [4.69, 9.17) is 5.73 Å². The van der Waals surface area contributed by atoms with Crippen molar-refractivity contribution in [1.82, 2.24) is 10.3 Å². The van der Waals surface area contributed by atoms with Crippen LogP contribution in [0.1, 0.15) is 49.5 Å². The molecule has 0 radical (unpaired) electrons. The molecule has 0 bridgehead atoms. The van der Waals surface area contributed by atoms with Gasteiger partial charge >= 0.3 is 6.03 Å². The Bertz CT molecular complexity index is 756. The number of hydrogen-bond donors (Lipinski definition) is 3. The van der Waals surface area contributed by atoms with Crippen LogP contribution in [0, 0.1) is 6.92 Å². The van der Waals surface area contributed by atoms with Gasteiger partial charge in [0, 0.05) is 23.4 Å². The van der Waals surface area contributed by atoms with Crippen LogP contribution in [-0.4, -0.2) is 23.5 Å². The lowest BCUT2D eigenvalue weighted by Crippen LogP contribution is -2.29. The Hall–Kier alpha value is -2.41. The third-order valence-electron chi connectivity index (χ3n) is 4.19. The minimum atomic E-state index is -0.511. The Labute approximate surface area is 164 Å². The summed E-state index contributed by atoms with van der Waals surface area (Å²) in [5.74, 6) is -0.0311. The molecular formula is C20H28N4O2S. The maximum Gasteiger partial charge on any atom is 0.312 e. The number of amides is 3. The van der Waals surface area contributed by atoms with Crippen LogP contribution >= 0.6 is 11.3 Å². The lowest BCUT2D eigenvalue weighted by Gasteiger charge is -2.03. The maximum atomic E-state index is 12.1. The number of aryl methyl sites for hydroxylation is 2. The molecule has 0 spiro atoms. The van der Waals surface area contributed by atoms with Crippen molar-refractivity contribution in [1.29, 1.82) is 0 Å². The van der Waals surface area contributed by atoms with Crippen LogP contribution in [0.3, 0.4) is 0 Å². The number of nitrogens with one attached hydrogen (secondary N) is 2. The summed E-state index contributed by atoms with van der Waals surface area (Å²) in [6.45, 7) is 4.74. The third-order valence-corrected chi connectivity index (χ3v) is 5.08. The largest absolute Gasteiger partial charge is 0.352 e. The quantitative estimate of drug-likeness (QED) is 0.531. The van der Waals surface area contributed by atoms with E-state index < -0.39 is 6.03 Å². The second kappa shape index (κ2) is 10.7. The number of unbranched alkanes of at least 4 members (excludes halogenated alkanes) is 2. The number of thiazole rings is 1. The van der Waals surface area contributed by atoms with Crippen molar-refractivity contribution in [3.8, 4) is 11.3 Å². The van der Waals surface area contributed by atoms with E-state index in [9.17, 15) is 9.59 Å². The summed E-state index contributed by atoms with van der Waals surface area (Å²) in [4.78, 5) is 28.3. The van der Waals surface area contributed by atoms with Crippen molar-refractivity contribution in [2.24, 2.45) is 5.73 Å². The minimum Gasteiger partial charge on any atom is -0.352 e. The highest BCUT2D eigenvalue weighted by Crippen LogP contribution is 2.30. The highest BCUT2D eigenvalue weighted by molar-refractivity contribution is 7.16. The fourth-order valence-corrected chi connectivity index (χ4v) is 3.67. The van der Waals surface area contributed by atoms with E-state index in [1.54, 1.807) is 0 Å². The first-order chi connectivity index (χ1) is 13.0. The second-order valence-electron chi connectivity index (χ2n) is 6.52. The molecule has 4 N–H and O–H groups in total. The summed E-state index contributed by atoms with van der Waals surface area (Å²) in [6, 6.07) is 7.96. The Morgan fingerprint density at radius 2 is 1.89 bits per heavy atom. The average molecular weight is 389 g/mol. The molecule has 6 nitrogen and oxygen atoms in total. The van der Waals surface area contributed by atoms with Crippen molar-refractivity contribution in [3.05, 3.63) is 34.7 Å². The summed E-state index contributed by atoms with van der Waals surface area (Å²) in [5.41, 5.74) is 8.33. The fourth-order valence-electron chi connectivity index (χ4n) is 2.82. The molecule has 1 aromatic heterocycles. The topological polar surface area (TPSA) is 97.1 Å². The lowest BCUT2D eigenvalue weighted by atomic mass is 10.1. The number of rotatable bonds is 10. The van der Waals surface area contributed by atoms with Gasteiger partial charge in [0.05, 0.1) is 5.69 Å². The van der Waals surface area contributed by atoms with Gasteiger partial charge in [0.25, 0.3) is 0 Å². The van der Waals surface area contributed by atoms with E-state index in [1.807, 2.05) is 6.92 Å². The van der Waals surface area contributed by atoms with Gasteiger partial charge in [-0.05, 0) is 31.7 Å². The number of urea groups is 1. The first-order valence-electron chi connectivity index (χ1n) is 9.39. The average Bonchev–Trinajstić information content (AvgIpc) is 2.99. The van der Waals surface area contributed by atoms with Crippen molar-refractivity contribution in [2.45, 2.75) is 52.4 Å². The normalized spacial score (nSPS) is 10.6. The van der Waals surface area contributed by atoms with Gasteiger partial charge in [-0.25, -0.2) is 9.78 Å². The van der Waals surface area contributed by atoms with Crippen LogP contribution in [0.4, 0.5) is 9.93 Å². The van der Waals surface area contributed by atoms with Crippen molar-refractivity contribution in [3.63, 3.8) is 0 Å². The molecule has 27 heavy (non-hydrogen) atoms. The molecule has 0 aliphatic rings. The van der Waals surface area contributed by atoms with Crippen LogP contribution < -0.4 is 16.4 Å². The Morgan fingerprint density at radius 1 is 1.15 bits per heavy atom. The number of carbonyl (C=O) groups excluding carboxylic acids is 2. The van der Waals surface area contributed by atoms with Crippen LogP contribution in [0.2, 0.25) is 0 Å². The van der Waals surface area contributed by atoms with Crippen LogP contribution in [0.25, 0.3) is 11.3 Å². The predicted molar refractivity (Wildman–Crippen MR) is 111 cm³/mol. The van der Waals surface area contributed by atoms with Gasteiger partial charge in [-0.2, -0.15) is 0 Å². The molecule has 0 unspecified atom stereocenters. The third kappa shape index (κ3) is 7.02. The fraction of sp³-hybridized carbons (Fsp3) is 0.450. The SMILES string of the molecule is CCCc1ccc(-c2nc(NC(=O)CCCCCNC(N)=O)sc2C)cc1. The van der Waals surface area contributed by atoms with Crippen LogP contribution in [0.5, 0.6) is 0 Å². The lowest BCUT2D eigenvalue weighted by molar-refractivity contribution is -0.116. The van der Waals surface area contributed by atoms with Gasteiger partial charge in [0.2, 0.25) is 5.91 Å². The molecule has 1 heterocycles. The van der Waals surface area contributed by atoms with Crippen molar-refractivity contribution in [2.75, 3.05) is 11.9 Å². The minimum absolute atomic E-state index is 0.0311. The molecule has 3 amide bonds. The van der Waals surface area contributed by atoms with Crippen molar-refractivity contribution < 1.29 is 9.59 Å². The first kappa shape index (κ1) is 20.9. The predicted octanol–water partition coefficient (Wildman–Crippen LogP) is 4.24. The Morgan fingerprint density at radius 3 is 2.56 bits per heavy atom. The van der Waals surface area contributed by atoms with Gasteiger partial charge in [0.15, 0.2) is 5.13 Å². The molecular weight excluding hydrogens is 360 g/mol. The maximum absolute atomic E-state index is 12.1. The number of anilines is 1. The molecule has 7 heteroatoms. The summed E-state index contributed by atoms with van der Waals surface area (Å²) < 4.78 is 0. The van der Waals surface area contributed by atoms with E-state index >= 15 is 0 Å². The monoisotopic (exact) mass is 388 g/mol. The van der Waals surface area contributed by atoms with E-state index in [0.29, 0.717) is 18.1 Å². The van der Waals surface area contributed by atoms with Gasteiger partial charge in [-0.15, -0.1) is 11.3 Å². The molecule has 2 rings (SSSR count). The van der Waals surface area contributed by atoms with Crippen molar-refractivity contribution >= 4 is 28.4 Å². The molecule has 0 aliphatic heterocycles. The second-order valence-corrected chi connectivity index (χ2v) is 7.72. The molecule has 0 atom stereocenters. The van der Waals surface area contributed by atoms with E-state index in [1.165, 1.54) is 16.9 Å². The van der Waals surface area contributed by atoms with Gasteiger partial charge in [-0.3, -0.25) is 4.79 Å². The highest BCUT2D eigenvalue weighted by Gasteiger charge is 2.12. The molecule has 0 saturated heterocycles. The number of benzene rings is 1. The number of carbonyl (C=O) groups is 2. The molecule has 0 fully saturated rings. The molecule has 0 saturated carbocycles. The van der Waals surface area contributed by atoms with Gasteiger partial charge in [-0.1, -0.05) is 44.0 Å². The molecule has 1 aromatic carbocycles. The number of hydrogen-bond acceptors (Lipinski definition) is 4. The zero-order valence-corrected chi connectivity index (χ0v) is 16.8. The first-order valence-corrected chi connectivity index (χ1v) is 10.2. The molecule has 0 aliphatic carbocycles. The Balaban J connectivity index is 1.83. The zero-order valence-electron chi connectivity index (χ0n) is 16.0. The van der Waals surface area contributed by atoms with Gasteiger partial charge < -0.3 is 16.4 Å². The number of nitrogens with zero attached hydrogens (tertiary/aromatic N) is 1. The van der Waals surface area contributed by atoms with Crippen LogP contribution in [-0.2, 0) is 11.2 Å². The van der Waals surface area contributed by atoms with E-state index in [2.05, 4.69) is 46.8 Å². The zero-order chi connectivity index (χ0) is 19.6. The van der Waals surface area contributed by atoms with Gasteiger partial charge in [0.1, 0.15) is 0 Å². The highest BCUT2D eigenvalue weighted by atomic mass is 32.1. The standard InChI is InChI=1S/C20H28N4O2S/c1-3-7-15-9-11-16(12-10-15)18-14(2)27-20(24-18)23-17(25)8-5-4-6-13-22-19(21)26/h9-12H,3-8,13H2,1-2H3,(H3,21,22,26)(H,23,24,25). The molecule has 2 aromatic rings. The Kier molecular flexibility index (Phi) is 8.26. The number of aromatic nitrogens is 1. The number of primary amides is 1. The van der Waals surface area contributed by atoms with Crippen LogP contribution in [0.15, 0.2) is 24.3 Å². The summed E-state index contributed by atoms with van der Waals surface area (Å²) in [7, 11) is 0.